The lowest BCUT2D eigenvalue weighted by Crippen LogP contribution is -2.41. The highest BCUT2D eigenvalue weighted by Crippen LogP contribution is 2.40. The van der Waals surface area contributed by atoms with Crippen LogP contribution in [0.2, 0.25) is 0 Å². The Bertz CT molecular complexity index is 1690. The number of fused-ring (bicyclic) bond motifs is 1. The predicted molar refractivity (Wildman–Crippen MR) is 126 cm³/mol. The van der Waals surface area contributed by atoms with Gasteiger partial charge in [-0.05, 0) is 41.3 Å². The van der Waals surface area contributed by atoms with E-state index < -0.39 is 62.1 Å². The van der Waals surface area contributed by atoms with Crippen molar-refractivity contribution in [2.24, 2.45) is 0 Å². The maximum Gasteiger partial charge on any atom is 0.294 e. The maximum atomic E-state index is 12.8. The number of sulfone groups is 1. The molecule has 1 fully saturated rings. The molecule has 2 atom stereocenters. The molecule has 2 unspecified atom stereocenters. The summed E-state index contributed by atoms with van der Waals surface area (Å²) in [5.41, 5.74) is 0.143. The van der Waals surface area contributed by atoms with Crippen molar-refractivity contribution in [2.45, 2.75) is 20.4 Å². The fraction of sp³-hybridized carbons (Fsp3) is 0.150. The van der Waals surface area contributed by atoms with E-state index in [0.29, 0.717) is 11.6 Å². The van der Waals surface area contributed by atoms with Crippen molar-refractivity contribution >= 4 is 64.0 Å². The van der Waals surface area contributed by atoms with Crippen LogP contribution in [0.25, 0.3) is 10.8 Å². The van der Waals surface area contributed by atoms with Crippen molar-refractivity contribution in [3.05, 3.63) is 59.7 Å². The van der Waals surface area contributed by atoms with E-state index in [1.54, 1.807) is 0 Å². The van der Waals surface area contributed by atoms with Crippen LogP contribution in [0.5, 0.6) is 5.75 Å². The van der Waals surface area contributed by atoms with E-state index in [1.165, 1.54) is 24.3 Å². The van der Waals surface area contributed by atoms with Gasteiger partial charge in [0.2, 0.25) is 0 Å². The number of phenols is 1. The number of carbonyl (C=O) groups excluding carboxylic acids is 1. The topological polar surface area (TPSA) is 192 Å². The summed E-state index contributed by atoms with van der Waals surface area (Å²) < 4.78 is 89.0. The average Bonchev–Trinajstić information content (AvgIpc) is 2.71. The number of halogens is 1. The number of phenolic OH excluding ortho intramolecular Hbond substituents is 1. The molecule has 0 bridgehead atoms. The summed E-state index contributed by atoms with van der Waals surface area (Å²) >= 11 is 6.00. The Morgan fingerprint density at radius 2 is 1.49 bits per heavy atom. The molecule has 0 spiro atoms. The van der Waals surface area contributed by atoms with Gasteiger partial charge in [-0.15, -0.1) is 11.6 Å². The van der Waals surface area contributed by atoms with Crippen molar-refractivity contribution in [2.75, 3.05) is 11.1 Å². The quantitative estimate of drug-likeness (QED) is 0.265. The molecule has 0 aromatic heterocycles. The first kappa shape index (κ1) is 25.3. The van der Waals surface area contributed by atoms with Crippen molar-refractivity contribution < 1.29 is 44.3 Å². The van der Waals surface area contributed by atoms with Crippen LogP contribution in [0.3, 0.4) is 0 Å². The van der Waals surface area contributed by atoms with Crippen LogP contribution in [-0.2, 0) is 30.1 Å². The molecular formula is C20H16ClNO10S3. The van der Waals surface area contributed by atoms with Crippen molar-refractivity contribution in [1.29, 1.82) is 0 Å². The van der Waals surface area contributed by atoms with Crippen LogP contribution in [-0.4, -0.2) is 56.5 Å². The number of aromatic hydroxyl groups is 1. The number of anilines is 1. The summed E-state index contributed by atoms with van der Waals surface area (Å²) in [6.07, 6.45) is 0. The molecule has 1 saturated heterocycles. The smallest absolute Gasteiger partial charge is 0.294 e. The van der Waals surface area contributed by atoms with E-state index >= 15 is 0 Å². The van der Waals surface area contributed by atoms with Crippen molar-refractivity contribution in [3.8, 4) is 5.75 Å². The standard InChI is InChI=1S/C20H16ClNO10S3/c21-15-9-33(25,26)19(15)10-1-3-11(4-2-10)20(24)22-16-7-13(34(27,28)29)5-12-6-14(35(30,31)32)8-17(23)18(12)16/h1-8,15,19,23H,9H2,(H,22,24)(H,27,28,29)(H,30,31,32). The SMILES string of the molecule is O=C(Nc1cc(S(=O)(=O)O)cc2cc(S(=O)(=O)O)cc(O)c12)c1ccc(C2C(Cl)CS2(=O)=O)cc1. The highest BCUT2D eigenvalue weighted by Gasteiger charge is 2.45. The molecular weight excluding hydrogens is 546 g/mol. The minimum absolute atomic E-state index is 0.0380. The summed E-state index contributed by atoms with van der Waals surface area (Å²) in [5.74, 6) is -1.64. The number of hydrogen-bond acceptors (Lipinski definition) is 8. The highest BCUT2D eigenvalue weighted by atomic mass is 35.5. The van der Waals surface area contributed by atoms with E-state index in [0.717, 1.165) is 18.2 Å². The van der Waals surface area contributed by atoms with Crippen LogP contribution in [0.4, 0.5) is 5.69 Å². The summed E-state index contributed by atoms with van der Waals surface area (Å²) in [5, 5.41) is 10.9. The second-order valence-electron chi connectivity index (χ2n) is 7.80. The molecule has 0 radical (unpaired) electrons. The number of rotatable bonds is 5. The maximum absolute atomic E-state index is 12.8. The lowest BCUT2D eigenvalue weighted by molar-refractivity contribution is 0.102. The minimum atomic E-state index is -4.82. The fourth-order valence-electron chi connectivity index (χ4n) is 3.79. The Kier molecular flexibility index (Phi) is 6.10. The van der Waals surface area contributed by atoms with Gasteiger partial charge >= 0.3 is 0 Å². The first-order valence-corrected chi connectivity index (χ1v) is 14.6. The van der Waals surface area contributed by atoms with Gasteiger partial charge < -0.3 is 10.4 Å². The first-order chi connectivity index (χ1) is 16.1. The molecule has 3 aromatic carbocycles. The molecule has 1 amide bonds. The van der Waals surface area contributed by atoms with Gasteiger partial charge in [0.1, 0.15) is 11.0 Å². The summed E-state index contributed by atoms with van der Waals surface area (Å²) in [7, 11) is -13.0. The molecule has 1 heterocycles. The molecule has 4 rings (SSSR count). The predicted octanol–water partition coefficient (Wildman–Crippen LogP) is 2.37. The Balaban J connectivity index is 1.76. The fourth-order valence-corrected chi connectivity index (χ4v) is 7.61. The summed E-state index contributed by atoms with van der Waals surface area (Å²) in [6, 6.07) is 8.74. The van der Waals surface area contributed by atoms with Gasteiger partial charge in [-0.1, -0.05) is 12.1 Å². The van der Waals surface area contributed by atoms with Gasteiger partial charge in [0.05, 0.1) is 26.6 Å². The lowest BCUT2D eigenvalue weighted by Gasteiger charge is -2.32. The van der Waals surface area contributed by atoms with E-state index in [4.69, 9.17) is 11.6 Å². The number of nitrogens with one attached hydrogen (secondary N) is 1. The van der Waals surface area contributed by atoms with Crippen LogP contribution in [0.15, 0.2) is 58.3 Å². The van der Waals surface area contributed by atoms with E-state index in [-0.39, 0.29) is 27.8 Å². The van der Waals surface area contributed by atoms with Crippen LogP contribution in [0.1, 0.15) is 21.2 Å². The molecule has 0 saturated carbocycles. The summed E-state index contributed by atoms with van der Waals surface area (Å²) in [4.78, 5) is 11.4. The van der Waals surface area contributed by atoms with Gasteiger partial charge in [0.25, 0.3) is 26.1 Å². The van der Waals surface area contributed by atoms with Gasteiger partial charge in [0.15, 0.2) is 9.84 Å². The largest absolute Gasteiger partial charge is 0.507 e. The molecule has 186 valence electrons. The van der Waals surface area contributed by atoms with Gasteiger partial charge in [0, 0.05) is 17.0 Å². The number of amides is 1. The van der Waals surface area contributed by atoms with Crippen LogP contribution in [0, 0.1) is 0 Å². The number of carbonyl (C=O) groups is 1. The lowest BCUT2D eigenvalue weighted by atomic mass is 10.0. The molecule has 1 aliphatic heterocycles. The average molecular weight is 562 g/mol. The molecule has 3 aromatic rings. The second kappa shape index (κ2) is 8.43. The Morgan fingerprint density at radius 3 is 1.97 bits per heavy atom. The zero-order valence-corrected chi connectivity index (χ0v) is 20.5. The van der Waals surface area contributed by atoms with E-state index in [1.807, 2.05) is 0 Å². The third-order valence-corrected chi connectivity index (χ3v) is 10.0. The van der Waals surface area contributed by atoms with Crippen molar-refractivity contribution in [3.63, 3.8) is 0 Å². The Hall–Kier alpha value is -2.75. The second-order valence-corrected chi connectivity index (χ2v) is 13.4. The van der Waals surface area contributed by atoms with Crippen molar-refractivity contribution in [1.82, 2.24) is 0 Å². The third kappa shape index (κ3) is 4.85. The zero-order valence-electron chi connectivity index (χ0n) is 17.3. The molecule has 35 heavy (non-hydrogen) atoms. The molecule has 4 N–H and O–H groups in total. The zero-order chi connectivity index (χ0) is 25.9. The van der Waals surface area contributed by atoms with Gasteiger partial charge in [-0.2, -0.15) is 16.8 Å². The van der Waals surface area contributed by atoms with E-state index in [9.17, 15) is 44.3 Å². The molecule has 11 nitrogen and oxygen atoms in total. The number of hydrogen-bond donors (Lipinski definition) is 4. The van der Waals surface area contributed by atoms with Crippen LogP contribution < -0.4 is 5.32 Å². The minimum Gasteiger partial charge on any atom is -0.507 e. The number of alkyl halides is 1. The molecule has 0 aliphatic carbocycles. The molecule has 1 aliphatic rings. The Morgan fingerprint density at radius 1 is 0.943 bits per heavy atom. The normalized spacial score (nSPS) is 19.7. The van der Waals surface area contributed by atoms with Crippen LogP contribution >= 0.6 is 11.6 Å². The van der Waals surface area contributed by atoms with E-state index in [2.05, 4.69) is 5.32 Å². The first-order valence-electron chi connectivity index (χ1n) is 9.60. The monoisotopic (exact) mass is 561 g/mol. The molecule has 15 heteroatoms. The van der Waals surface area contributed by atoms with Gasteiger partial charge in [-0.25, -0.2) is 8.42 Å². The summed E-state index contributed by atoms with van der Waals surface area (Å²) in [6.45, 7) is 0. The third-order valence-electron chi connectivity index (χ3n) is 5.43. The highest BCUT2D eigenvalue weighted by molar-refractivity contribution is 7.93. The number of benzene rings is 3. The Labute approximate surface area is 204 Å². The van der Waals surface area contributed by atoms with Gasteiger partial charge in [-0.3, -0.25) is 13.9 Å².